The predicted octanol–water partition coefficient (Wildman–Crippen LogP) is 12.7. The molecule has 0 aliphatic rings. The van der Waals surface area contributed by atoms with Crippen LogP contribution in [0.1, 0.15) is 75.3 Å². The minimum Gasteiger partial charge on any atom is -0.139 e. The molecule has 0 nitrogen and oxygen atoms in total. The molecule has 0 unspecified atom stereocenters. The van der Waals surface area contributed by atoms with Gasteiger partial charge in [-0.25, -0.2) is 0 Å². The molecular weight excluding hydrogens is 545 g/mol. The van der Waals surface area contributed by atoms with Gasteiger partial charge in [-0.2, -0.15) is 0 Å². The minimum absolute atomic E-state index is 0.241. The predicted molar refractivity (Wildman–Crippen MR) is 174 cm³/mol. The lowest BCUT2D eigenvalue weighted by molar-refractivity contribution is 0.516. The fourth-order valence-electron chi connectivity index (χ4n) is 4.26. The Balaban J connectivity index is 1.39. The van der Waals surface area contributed by atoms with Crippen molar-refractivity contribution < 1.29 is 0 Å². The van der Waals surface area contributed by atoms with Crippen molar-refractivity contribution in [1.29, 1.82) is 0 Å². The van der Waals surface area contributed by atoms with E-state index in [1.165, 1.54) is 59.9 Å². The maximum Gasteiger partial charge on any atom is 0.0475 e. The maximum atomic E-state index is 2.40. The van der Waals surface area contributed by atoms with E-state index in [-0.39, 0.29) is 10.8 Å². The van der Waals surface area contributed by atoms with Gasteiger partial charge in [0.2, 0.25) is 0 Å². The van der Waals surface area contributed by atoms with Gasteiger partial charge in [0.05, 0.1) is 0 Å². The molecule has 5 aromatic rings. The van der Waals surface area contributed by atoms with Crippen LogP contribution in [-0.2, 0) is 10.8 Å². The van der Waals surface area contributed by atoms with Crippen LogP contribution in [0.3, 0.4) is 0 Å². The highest BCUT2D eigenvalue weighted by Crippen LogP contribution is 2.47. The molecule has 0 aromatic carbocycles. The van der Waals surface area contributed by atoms with Gasteiger partial charge in [-0.15, -0.1) is 56.7 Å². The standard InChI is InChI=1S/C32H36S5/c1-9-31(5,6)27-17-19(3)29(36-27)25-15-13-23(34-25)21-11-12-22(33-21)24-14-16-26(35-24)30-20(4)18-28(37-30)32(7,8)10-2/h11-18H,9-10H2,1-8H3. The highest BCUT2D eigenvalue weighted by atomic mass is 32.1. The van der Waals surface area contributed by atoms with Gasteiger partial charge in [0, 0.05) is 48.8 Å². The molecule has 194 valence electrons. The molecule has 0 saturated heterocycles. The first kappa shape index (κ1) is 27.1. The normalized spacial score (nSPS) is 12.5. The van der Waals surface area contributed by atoms with Crippen molar-refractivity contribution in [3.8, 4) is 39.0 Å². The minimum atomic E-state index is 0.241. The Kier molecular flexibility index (Phi) is 7.49. The Hall–Kier alpha value is -1.50. The van der Waals surface area contributed by atoms with Crippen LogP contribution >= 0.6 is 56.7 Å². The molecule has 0 aliphatic carbocycles. The highest BCUT2D eigenvalue weighted by molar-refractivity contribution is 7.29. The molecule has 0 fully saturated rings. The van der Waals surface area contributed by atoms with Crippen LogP contribution in [0.15, 0.2) is 48.5 Å². The van der Waals surface area contributed by atoms with Gasteiger partial charge in [-0.3, -0.25) is 0 Å². The van der Waals surface area contributed by atoms with Crippen LogP contribution < -0.4 is 0 Å². The lowest BCUT2D eigenvalue weighted by Crippen LogP contribution is -2.12. The summed E-state index contributed by atoms with van der Waals surface area (Å²) in [6.45, 7) is 18.5. The second-order valence-corrected chi connectivity index (χ2v) is 16.6. The van der Waals surface area contributed by atoms with E-state index in [1.54, 1.807) is 0 Å². The van der Waals surface area contributed by atoms with E-state index < -0.39 is 0 Å². The Morgan fingerprint density at radius 2 is 0.784 bits per heavy atom. The summed E-state index contributed by atoms with van der Waals surface area (Å²) in [5.74, 6) is 0. The molecule has 0 spiro atoms. The maximum absolute atomic E-state index is 2.40. The number of aryl methyl sites for hydroxylation is 2. The van der Waals surface area contributed by atoms with Crippen molar-refractivity contribution in [2.45, 2.75) is 79.1 Å². The zero-order chi connectivity index (χ0) is 26.5. The van der Waals surface area contributed by atoms with E-state index >= 15 is 0 Å². The average Bonchev–Trinajstić information content (AvgIpc) is 3.67. The Morgan fingerprint density at radius 1 is 0.486 bits per heavy atom. The van der Waals surface area contributed by atoms with E-state index in [2.05, 4.69) is 104 Å². The molecular formula is C32H36S5. The third kappa shape index (κ3) is 5.23. The molecule has 0 bridgehead atoms. The van der Waals surface area contributed by atoms with Gasteiger partial charge in [0.1, 0.15) is 0 Å². The Labute approximate surface area is 242 Å². The zero-order valence-electron chi connectivity index (χ0n) is 23.1. The molecule has 0 saturated carbocycles. The van der Waals surface area contributed by atoms with E-state index in [9.17, 15) is 0 Å². The largest absolute Gasteiger partial charge is 0.139 e. The van der Waals surface area contributed by atoms with Crippen molar-refractivity contribution >= 4 is 56.7 Å². The first-order valence-electron chi connectivity index (χ1n) is 13.0. The molecule has 37 heavy (non-hydrogen) atoms. The summed E-state index contributed by atoms with van der Waals surface area (Å²) >= 11 is 9.73. The molecule has 5 heteroatoms. The highest BCUT2D eigenvalue weighted by Gasteiger charge is 2.24. The van der Waals surface area contributed by atoms with Gasteiger partial charge in [0.25, 0.3) is 0 Å². The third-order valence-corrected chi connectivity index (χ3v) is 14.9. The van der Waals surface area contributed by atoms with E-state index in [1.807, 2.05) is 56.7 Å². The fourth-order valence-corrected chi connectivity index (χ4v) is 10.5. The molecule has 0 radical (unpaired) electrons. The van der Waals surface area contributed by atoms with Gasteiger partial charge in [-0.05, 0) is 97.2 Å². The summed E-state index contributed by atoms with van der Waals surface area (Å²) < 4.78 is 0. The van der Waals surface area contributed by atoms with E-state index in [4.69, 9.17) is 0 Å². The summed E-state index contributed by atoms with van der Waals surface area (Å²) in [7, 11) is 0. The van der Waals surface area contributed by atoms with Crippen LogP contribution in [-0.4, -0.2) is 0 Å². The van der Waals surface area contributed by atoms with Crippen molar-refractivity contribution in [3.63, 3.8) is 0 Å². The molecule has 0 N–H and O–H groups in total. The second kappa shape index (κ2) is 10.2. The Morgan fingerprint density at radius 3 is 1.11 bits per heavy atom. The molecule has 5 rings (SSSR count). The van der Waals surface area contributed by atoms with Crippen LogP contribution in [0.5, 0.6) is 0 Å². The van der Waals surface area contributed by atoms with Gasteiger partial charge >= 0.3 is 0 Å². The molecule has 0 aliphatic heterocycles. The lowest BCUT2D eigenvalue weighted by atomic mass is 9.88. The van der Waals surface area contributed by atoms with Crippen molar-refractivity contribution in [2.75, 3.05) is 0 Å². The fraction of sp³-hybridized carbons (Fsp3) is 0.375. The lowest BCUT2D eigenvalue weighted by Gasteiger charge is -2.20. The van der Waals surface area contributed by atoms with Crippen molar-refractivity contribution in [2.24, 2.45) is 0 Å². The third-order valence-electron chi connectivity index (χ3n) is 7.69. The Bertz CT molecular complexity index is 1410. The second-order valence-electron chi connectivity index (χ2n) is 11.2. The van der Waals surface area contributed by atoms with Gasteiger partial charge < -0.3 is 0 Å². The number of thiophene rings is 5. The molecule has 5 heterocycles. The van der Waals surface area contributed by atoms with Crippen LogP contribution in [0, 0.1) is 13.8 Å². The monoisotopic (exact) mass is 580 g/mol. The summed E-state index contributed by atoms with van der Waals surface area (Å²) in [5, 5.41) is 0. The first-order valence-corrected chi connectivity index (χ1v) is 17.1. The molecule has 0 amide bonds. The molecule has 5 aromatic heterocycles. The first-order chi connectivity index (χ1) is 17.5. The van der Waals surface area contributed by atoms with Crippen LogP contribution in [0.25, 0.3) is 39.0 Å². The number of rotatable bonds is 8. The summed E-state index contributed by atoms with van der Waals surface area (Å²) in [6, 6.07) is 18.7. The summed E-state index contributed by atoms with van der Waals surface area (Å²) in [5.41, 5.74) is 3.29. The smallest absolute Gasteiger partial charge is 0.0475 e. The topological polar surface area (TPSA) is 0 Å². The summed E-state index contributed by atoms with van der Waals surface area (Å²) in [4.78, 5) is 14.1. The van der Waals surface area contributed by atoms with E-state index in [0.717, 1.165) is 12.8 Å². The SMILES string of the molecule is CCC(C)(C)c1cc(C)c(-c2ccc(-c3ccc(-c4ccc(-c5sc(C(C)(C)CC)cc5C)s4)s3)s2)s1. The number of hydrogen-bond acceptors (Lipinski definition) is 5. The summed E-state index contributed by atoms with van der Waals surface area (Å²) in [6.07, 6.45) is 2.32. The van der Waals surface area contributed by atoms with Gasteiger partial charge in [-0.1, -0.05) is 41.5 Å². The quantitative estimate of drug-likeness (QED) is 0.171. The number of hydrogen-bond donors (Lipinski definition) is 0. The van der Waals surface area contributed by atoms with E-state index in [0.29, 0.717) is 0 Å². The zero-order valence-corrected chi connectivity index (χ0v) is 27.2. The van der Waals surface area contributed by atoms with Crippen molar-refractivity contribution in [1.82, 2.24) is 0 Å². The van der Waals surface area contributed by atoms with Crippen molar-refractivity contribution in [3.05, 3.63) is 69.4 Å². The molecule has 0 atom stereocenters. The van der Waals surface area contributed by atoms with Gasteiger partial charge in [0.15, 0.2) is 0 Å². The van der Waals surface area contributed by atoms with Crippen LogP contribution in [0.4, 0.5) is 0 Å². The van der Waals surface area contributed by atoms with Crippen LogP contribution in [0.2, 0.25) is 0 Å². The average molecular weight is 581 g/mol.